The molecule has 0 aromatic rings. The van der Waals surface area contributed by atoms with Crippen molar-refractivity contribution in [1.29, 1.82) is 0 Å². The van der Waals surface area contributed by atoms with E-state index in [1.165, 1.54) is 0 Å². The van der Waals surface area contributed by atoms with Crippen LogP contribution in [-0.4, -0.2) is 0 Å². The van der Waals surface area contributed by atoms with Gasteiger partial charge in [0.25, 0.3) is 0 Å². The summed E-state index contributed by atoms with van der Waals surface area (Å²) < 4.78 is 0. The lowest BCUT2D eigenvalue weighted by Gasteiger charge is -1.96. The fourth-order valence-corrected chi connectivity index (χ4v) is 0.638. The topological polar surface area (TPSA) is 0 Å². The first-order valence-electron chi connectivity index (χ1n) is 3.04. The number of rotatable bonds is 4. The molecular weight excluding hydrogens is 120 g/mol. The van der Waals surface area contributed by atoms with Crippen molar-refractivity contribution in [2.75, 3.05) is 0 Å². The average Bonchev–Trinajstić information content (AvgIpc) is 2.00. The number of hydrogen-bond acceptors (Lipinski definition) is 0. The Bertz CT molecular complexity index is 150. The Balaban J connectivity index is 4.85. The van der Waals surface area contributed by atoms with Gasteiger partial charge in [-0.1, -0.05) is 50.6 Å². The summed E-state index contributed by atoms with van der Waals surface area (Å²) in [5.74, 6) is 0. The lowest BCUT2D eigenvalue weighted by molar-refractivity contribution is 1.60. The zero-order valence-electron chi connectivity index (χ0n) is 6.14. The Morgan fingerprint density at radius 1 is 0.600 bits per heavy atom. The second kappa shape index (κ2) is 4.57. The molecule has 0 atom stereocenters. The van der Waals surface area contributed by atoms with Crippen LogP contribution in [0.4, 0.5) is 0 Å². The summed E-state index contributed by atoms with van der Waals surface area (Å²) in [6.45, 7) is 14.5. The molecule has 0 nitrogen and oxygen atoms in total. The predicted octanol–water partition coefficient (Wildman–Crippen LogP) is 3.03. The largest absolute Gasteiger partial charge is 0.0984 e. The van der Waals surface area contributed by atoms with Crippen LogP contribution in [0, 0.1) is 0 Å². The molecule has 0 amide bonds. The van der Waals surface area contributed by atoms with Crippen molar-refractivity contribution in [3.05, 3.63) is 61.8 Å². The highest BCUT2D eigenvalue weighted by Gasteiger charge is 1.88. The minimum absolute atomic E-state index is 0.963. The third-order valence-electron chi connectivity index (χ3n) is 1.21. The summed E-state index contributed by atoms with van der Waals surface area (Å²) in [6, 6.07) is 0. The van der Waals surface area contributed by atoms with E-state index < -0.39 is 0 Å². The summed E-state index contributed by atoms with van der Waals surface area (Å²) >= 11 is 0. The van der Waals surface area contributed by atoms with Gasteiger partial charge >= 0.3 is 0 Å². The van der Waals surface area contributed by atoms with E-state index in [-0.39, 0.29) is 0 Å². The van der Waals surface area contributed by atoms with E-state index >= 15 is 0 Å². The molecule has 0 saturated carbocycles. The minimum Gasteiger partial charge on any atom is -0.0984 e. The smallest absolute Gasteiger partial charge is 0.0196 e. The number of hydrogen-bond donors (Lipinski definition) is 0. The van der Waals surface area contributed by atoms with Crippen molar-refractivity contribution in [1.82, 2.24) is 0 Å². The lowest BCUT2D eigenvalue weighted by atomic mass is 10.1. The maximum Gasteiger partial charge on any atom is -0.0196 e. The Morgan fingerprint density at radius 3 is 0.900 bits per heavy atom. The van der Waals surface area contributed by atoms with Gasteiger partial charge in [0.2, 0.25) is 0 Å². The molecule has 0 rings (SSSR count). The first kappa shape index (κ1) is 8.70. The van der Waals surface area contributed by atoms with Crippen LogP contribution in [0.15, 0.2) is 61.8 Å². The van der Waals surface area contributed by atoms with Crippen LogP contribution in [0.25, 0.3) is 0 Å². The van der Waals surface area contributed by atoms with Crippen LogP contribution in [0.5, 0.6) is 0 Å². The monoisotopic (exact) mass is 132 g/mol. The van der Waals surface area contributed by atoms with Crippen molar-refractivity contribution in [3.8, 4) is 0 Å². The van der Waals surface area contributed by atoms with E-state index in [0.717, 1.165) is 11.1 Å². The Hall–Kier alpha value is -1.30. The van der Waals surface area contributed by atoms with E-state index in [1.807, 2.05) is 0 Å². The van der Waals surface area contributed by atoms with Crippen LogP contribution in [0.1, 0.15) is 0 Å². The molecule has 0 fully saturated rings. The predicted molar refractivity (Wildman–Crippen MR) is 47.8 cm³/mol. The maximum absolute atomic E-state index is 3.62. The second-order valence-corrected chi connectivity index (χ2v) is 1.73. The molecule has 0 aromatic heterocycles. The van der Waals surface area contributed by atoms with Crippen LogP contribution in [0.2, 0.25) is 0 Å². The van der Waals surface area contributed by atoms with Gasteiger partial charge in [-0.25, -0.2) is 0 Å². The highest BCUT2D eigenvalue weighted by molar-refractivity contribution is 5.43. The highest BCUT2D eigenvalue weighted by Crippen LogP contribution is 2.08. The van der Waals surface area contributed by atoms with Gasteiger partial charge in [-0.05, 0) is 11.1 Å². The molecule has 0 aliphatic heterocycles. The van der Waals surface area contributed by atoms with Crippen LogP contribution in [0.3, 0.4) is 0 Å². The molecule has 0 bridgehead atoms. The van der Waals surface area contributed by atoms with E-state index in [0.29, 0.717) is 0 Å². The highest BCUT2D eigenvalue weighted by atomic mass is 13.9. The van der Waals surface area contributed by atoms with Gasteiger partial charge in [0, 0.05) is 0 Å². The minimum atomic E-state index is 0.963. The average molecular weight is 132 g/mol. The molecule has 0 aromatic carbocycles. The summed E-state index contributed by atoms with van der Waals surface area (Å²) in [5.41, 5.74) is 1.93. The molecule has 0 saturated heterocycles. The first-order chi connectivity index (χ1) is 4.79. The quantitative estimate of drug-likeness (QED) is 0.516. The summed E-state index contributed by atoms with van der Waals surface area (Å²) in [6.07, 6.45) is 6.91. The number of allylic oxidation sites excluding steroid dienone is 6. The van der Waals surface area contributed by atoms with Crippen molar-refractivity contribution >= 4 is 0 Å². The SMILES string of the molecule is C=CC(C=C)=C(C=C)C=C. The van der Waals surface area contributed by atoms with Gasteiger partial charge in [0.15, 0.2) is 0 Å². The van der Waals surface area contributed by atoms with Gasteiger partial charge in [0.1, 0.15) is 0 Å². The molecule has 0 heterocycles. The molecule has 0 N–H and O–H groups in total. The lowest BCUT2D eigenvalue weighted by Crippen LogP contribution is -1.76. The second-order valence-electron chi connectivity index (χ2n) is 1.73. The van der Waals surface area contributed by atoms with Gasteiger partial charge in [-0.15, -0.1) is 0 Å². The van der Waals surface area contributed by atoms with Gasteiger partial charge in [-0.2, -0.15) is 0 Å². The van der Waals surface area contributed by atoms with E-state index in [1.54, 1.807) is 24.3 Å². The maximum atomic E-state index is 3.62. The van der Waals surface area contributed by atoms with Gasteiger partial charge in [-0.3, -0.25) is 0 Å². The summed E-state index contributed by atoms with van der Waals surface area (Å²) in [5, 5.41) is 0. The van der Waals surface area contributed by atoms with Crippen molar-refractivity contribution in [2.45, 2.75) is 0 Å². The third-order valence-corrected chi connectivity index (χ3v) is 1.21. The third kappa shape index (κ3) is 1.90. The Morgan fingerprint density at radius 2 is 0.800 bits per heavy atom. The zero-order chi connectivity index (χ0) is 7.98. The molecule has 0 radical (unpaired) electrons. The van der Waals surface area contributed by atoms with Crippen molar-refractivity contribution in [2.24, 2.45) is 0 Å². The molecule has 10 heavy (non-hydrogen) atoms. The summed E-state index contributed by atoms with van der Waals surface area (Å²) in [7, 11) is 0. The molecule has 0 heteroatoms. The van der Waals surface area contributed by atoms with E-state index in [2.05, 4.69) is 26.3 Å². The summed E-state index contributed by atoms with van der Waals surface area (Å²) in [4.78, 5) is 0. The Labute approximate surface area is 62.6 Å². The molecule has 52 valence electrons. The normalized spacial score (nSPS) is 7.60. The van der Waals surface area contributed by atoms with Gasteiger partial charge < -0.3 is 0 Å². The standard InChI is InChI=1S/C10H12/c1-5-9(6-2)10(7-3)8-4/h5-8H,1-4H2. The van der Waals surface area contributed by atoms with E-state index in [4.69, 9.17) is 0 Å². The van der Waals surface area contributed by atoms with Crippen molar-refractivity contribution in [3.63, 3.8) is 0 Å². The van der Waals surface area contributed by atoms with Gasteiger partial charge in [0.05, 0.1) is 0 Å². The van der Waals surface area contributed by atoms with Crippen LogP contribution >= 0.6 is 0 Å². The van der Waals surface area contributed by atoms with E-state index in [9.17, 15) is 0 Å². The van der Waals surface area contributed by atoms with Crippen LogP contribution < -0.4 is 0 Å². The van der Waals surface area contributed by atoms with Crippen molar-refractivity contribution < 1.29 is 0 Å². The Kier molecular flexibility index (Phi) is 3.97. The molecule has 0 aliphatic rings. The fraction of sp³-hybridized carbons (Fsp3) is 0. The molecule has 0 spiro atoms. The first-order valence-corrected chi connectivity index (χ1v) is 3.04. The fourth-order valence-electron chi connectivity index (χ4n) is 0.638. The zero-order valence-corrected chi connectivity index (χ0v) is 6.14. The molecular formula is C10H12. The van der Waals surface area contributed by atoms with Crippen LogP contribution in [-0.2, 0) is 0 Å². The molecule has 0 unspecified atom stereocenters. The molecule has 0 aliphatic carbocycles.